The van der Waals surface area contributed by atoms with Crippen LogP contribution in [0, 0.1) is 0 Å². The van der Waals surface area contributed by atoms with Gasteiger partial charge in [0.05, 0.1) is 6.54 Å². The maximum Gasteiger partial charge on any atom is 0.219 e. The highest BCUT2D eigenvalue weighted by Crippen LogP contribution is 2.05. The van der Waals surface area contributed by atoms with Gasteiger partial charge in [0.25, 0.3) is 0 Å². The van der Waals surface area contributed by atoms with Crippen LogP contribution in [0.4, 0.5) is 0 Å². The highest BCUT2D eigenvalue weighted by Gasteiger charge is 2.11. The Morgan fingerprint density at radius 1 is 1.44 bits per heavy atom. The monoisotopic (exact) mass is 252 g/mol. The first-order valence-electron chi connectivity index (χ1n) is 6.38. The third-order valence-corrected chi connectivity index (χ3v) is 2.66. The van der Waals surface area contributed by atoms with Crippen molar-refractivity contribution in [3.05, 3.63) is 18.2 Å². The third-order valence-electron chi connectivity index (χ3n) is 2.66. The third kappa shape index (κ3) is 5.31. The van der Waals surface area contributed by atoms with Crippen LogP contribution < -0.4 is 10.6 Å². The molecule has 0 atom stereocenters. The highest BCUT2D eigenvalue weighted by molar-refractivity contribution is 5.75. The molecule has 0 aromatic carbocycles. The van der Waals surface area contributed by atoms with Gasteiger partial charge in [-0.15, -0.1) is 0 Å². The van der Waals surface area contributed by atoms with Gasteiger partial charge in [0.1, 0.15) is 5.82 Å². The molecule has 5 nitrogen and oxygen atoms in total. The second-order valence-electron chi connectivity index (χ2n) is 5.42. The topological polar surface area (TPSA) is 59.0 Å². The van der Waals surface area contributed by atoms with Crippen molar-refractivity contribution in [2.24, 2.45) is 0 Å². The van der Waals surface area contributed by atoms with E-state index in [-0.39, 0.29) is 11.4 Å². The largest absolute Gasteiger partial charge is 0.359 e. The number of rotatable bonds is 6. The molecular weight excluding hydrogens is 228 g/mol. The zero-order valence-corrected chi connectivity index (χ0v) is 11.8. The zero-order chi connectivity index (χ0) is 13.6. The van der Waals surface area contributed by atoms with Gasteiger partial charge in [-0.05, 0) is 27.2 Å². The van der Waals surface area contributed by atoms with Gasteiger partial charge >= 0.3 is 0 Å². The summed E-state index contributed by atoms with van der Waals surface area (Å²) >= 11 is 0. The van der Waals surface area contributed by atoms with Crippen LogP contribution in [0.15, 0.2) is 12.4 Å². The molecule has 0 fully saturated rings. The van der Waals surface area contributed by atoms with Crippen molar-refractivity contribution in [3.63, 3.8) is 0 Å². The number of nitrogens with one attached hydrogen (secondary N) is 2. The number of imidazole rings is 1. The summed E-state index contributed by atoms with van der Waals surface area (Å²) < 4.78 is 2.10. The minimum absolute atomic E-state index is 0.0822. The fourth-order valence-corrected chi connectivity index (χ4v) is 1.59. The van der Waals surface area contributed by atoms with Crippen LogP contribution in [-0.2, 0) is 17.9 Å². The second kappa shape index (κ2) is 6.54. The molecule has 1 aromatic rings. The van der Waals surface area contributed by atoms with Crippen LogP contribution in [0.2, 0.25) is 0 Å². The predicted molar refractivity (Wildman–Crippen MR) is 72.1 cm³/mol. The summed E-state index contributed by atoms with van der Waals surface area (Å²) in [5.41, 5.74) is 0.0822. The number of aromatic nitrogens is 2. The maximum absolute atomic E-state index is 11.1. The minimum Gasteiger partial charge on any atom is -0.359 e. The molecule has 0 radical (unpaired) electrons. The van der Waals surface area contributed by atoms with Gasteiger partial charge in [-0.25, -0.2) is 4.98 Å². The normalized spacial score (nSPS) is 11.6. The number of amides is 1. The van der Waals surface area contributed by atoms with Crippen LogP contribution in [-0.4, -0.2) is 28.0 Å². The van der Waals surface area contributed by atoms with Crippen LogP contribution in [0.5, 0.6) is 0 Å². The lowest BCUT2D eigenvalue weighted by Gasteiger charge is -2.20. The number of nitrogens with zero attached hydrogens (tertiary/aromatic N) is 2. The van der Waals surface area contributed by atoms with Gasteiger partial charge < -0.3 is 15.2 Å². The van der Waals surface area contributed by atoms with Gasteiger partial charge in [0, 0.05) is 37.9 Å². The zero-order valence-electron chi connectivity index (χ0n) is 11.8. The van der Waals surface area contributed by atoms with Crippen molar-refractivity contribution < 1.29 is 4.79 Å². The molecule has 1 amide bonds. The Balaban J connectivity index is 2.42. The molecule has 0 saturated heterocycles. The van der Waals surface area contributed by atoms with Crippen molar-refractivity contribution >= 4 is 5.91 Å². The summed E-state index contributed by atoms with van der Waals surface area (Å²) in [6.45, 7) is 7.97. The average molecular weight is 252 g/mol. The van der Waals surface area contributed by atoms with Crippen molar-refractivity contribution in [1.82, 2.24) is 20.2 Å². The van der Waals surface area contributed by atoms with Crippen molar-refractivity contribution in [3.8, 4) is 0 Å². The summed E-state index contributed by atoms with van der Waals surface area (Å²) in [6, 6.07) is 0. The molecule has 0 aliphatic heterocycles. The Bertz CT molecular complexity index is 379. The summed E-state index contributed by atoms with van der Waals surface area (Å²) in [4.78, 5) is 15.5. The van der Waals surface area contributed by atoms with Crippen LogP contribution in [0.25, 0.3) is 0 Å². The molecule has 0 aliphatic carbocycles. The summed E-state index contributed by atoms with van der Waals surface area (Å²) in [5.74, 6) is 1.10. The Morgan fingerprint density at radius 2 is 2.17 bits per heavy atom. The molecular formula is C13H24N4O. The lowest BCUT2D eigenvalue weighted by Crippen LogP contribution is -2.36. The van der Waals surface area contributed by atoms with E-state index >= 15 is 0 Å². The lowest BCUT2D eigenvalue weighted by molar-refractivity contribution is -0.120. The average Bonchev–Trinajstić information content (AvgIpc) is 2.73. The smallest absolute Gasteiger partial charge is 0.219 e. The summed E-state index contributed by atoms with van der Waals surface area (Å²) in [7, 11) is 1.66. The van der Waals surface area contributed by atoms with E-state index in [2.05, 4.69) is 41.0 Å². The number of hydrogen-bond acceptors (Lipinski definition) is 3. The Hall–Kier alpha value is -1.36. The number of carbonyl (C=O) groups is 1. The maximum atomic E-state index is 11.1. The predicted octanol–water partition coefficient (Wildman–Crippen LogP) is 1.30. The fourth-order valence-electron chi connectivity index (χ4n) is 1.59. The van der Waals surface area contributed by atoms with E-state index in [1.807, 2.05) is 6.20 Å². The number of hydrogen-bond donors (Lipinski definition) is 2. The molecule has 1 rings (SSSR count). The van der Waals surface area contributed by atoms with E-state index in [9.17, 15) is 4.79 Å². The first-order chi connectivity index (χ1) is 8.42. The molecule has 102 valence electrons. The van der Waals surface area contributed by atoms with Crippen molar-refractivity contribution in [1.29, 1.82) is 0 Å². The second-order valence-corrected chi connectivity index (χ2v) is 5.42. The van der Waals surface area contributed by atoms with Gasteiger partial charge in [-0.2, -0.15) is 0 Å². The van der Waals surface area contributed by atoms with Crippen molar-refractivity contribution in [2.75, 3.05) is 7.05 Å². The molecule has 1 aromatic heterocycles. The summed E-state index contributed by atoms with van der Waals surface area (Å²) in [6.07, 6.45) is 5.16. The Morgan fingerprint density at radius 3 is 2.78 bits per heavy atom. The van der Waals surface area contributed by atoms with Crippen molar-refractivity contribution in [2.45, 2.75) is 52.2 Å². The van der Waals surface area contributed by atoms with E-state index in [0.717, 1.165) is 25.3 Å². The first-order valence-corrected chi connectivity index (χ1v) is 6.38. The van der Waals surface area contributed by atoms with Gasteiger partial charge in [-0.1, -0.05) is 0 Å². The molecule has 1 heterocycles. The fraction of sp³-hybridized carbons (Fsp3) is 0.692. The van der Waals surface area contributed by atoms with Gasteiger partial charge in [0.2, 0.25) is 5.91 Å². The highest BCUT2D eigenvalue weighted by atomic mass is 16.1. The van der Waals surface area contributed by atoms with Gasteiger partial charge in [-0.3, -0.25) is 4.79 Å². The number of aryl methyl sites for hydroxylation is 1. The van der Waals surface area contributed by atoms with Crippen LogP contribution >= 0.6 is 0 Å². The van der Waals surface area contributed by atoms with Crippen LogP contribution in [0.1, 0.15) is 39.4 Å². The molecule has 2 N–H and O–H groups in total. The quantitative estimate of drug-likeness (QED) is 0.802. The standard InChI is InChI=1S/C13H24N4O/c1-13(2,3)16-10-11-15-7-9-17(11)8-5-6-12(18)14-4/h7,9,16H,5-6,8,10H2,1-4H3,(H,14,18). The molecule has 0 bridgehead atoms. The molecule has 0 saturated carbocycles. The Labute approximate surface area is 109 Å². The first kappa shape index (κ1) is 14.7. The minimum atomic E-state index is 0.0822. The number of carbonyl (C=O) groups excluding carboxylic acids is 1. The SMILES string of the molecule is CNC(=O)CCCn1ccnc1CNC(C)(C)C. The Kier molecular flexibility index (Phi) is 5.34. The summed E-state index contributed by atoms with van der Waals surface area (Å²) in [5, 5.41) is 6.04. The van der Waals surface area contributed by atoms with E-state index in [1.165, 1.54) is 0 Å². The van der Waals surface area contributed by atoms with Gasteiger partial charge in [0.15, 0.2) is 0 Å². The molecule has 0 aliphatic rings. The molecule has 0 spiro atoms. The molecule has 0 unspecified atom stereocenters. The molecule has 18 heavy (non-hydrogen) atoms. The van der Waals surface area contributed by atoms with E-state index < -0.39 is 0 Å². The lowest BCUT2D eigenvalue weighted by atomic mass is 10.1. The van der Waals surface area contributed by atoms with E-state index in [1.54, 1.807) is 13.2 Å². The van der Waals surface area contributed by atoms with E-state index in [0.29, 0.717) is 6.42 Å². The molecule has 5 heteroatoms. The van der Waals surface area contributed by atoms with Crippen LogP contribution in [0.3, 0.4) is 0 Å². The van der Waals surface area contributed by atoms with E-state index in [4.69, 9.17) is 0 Å².